The lowest BCUT2D eigenvalue weighted by Gasteiger charge is -2.23. The Bertz CT molecular complexity index is 1530. The van der Waals surface area contributed by atoms with Crippen molar-refractivity contribution in [1.82, 2.24) is 9.80 Å². The first kappa shape index (κ1) is 35.0. The summed E-state index contributed by atoms with van der Waals surface area (Å²) in [5, 5.41) is 18.9. The van der Waals surface area contributed by atoms with Gasteiger partial charge in [0.15, 0.2) is 23.0 Å². The Morgan fingerprint density at radius 3 is 1.96 bits per heavy atom. The average Bonchev–Trinajstić information content (AvgIpc) is 3.59. The number of hydrogen-bond acceptors (Lipinski definition) is 8. The molecule has 2 N–H and O–H groups in total. The van der Waals surface area contributed by atoms with Gasteiger partial charge in [-0.2, -0.15) is 0 Å². The first-order valence-corrected chi connectivity index (χ1v) is 15.6. The molecule has 2 amide bonds. The molecule has 2 aromatic rings. The maximum absolute atomic E-state index is 12.9. The van der Waals surface area contributed by atoms with Crippen LogP contribution in [-0.4, -0.2) is 71.2 Å². The number of carboxylic acid groups (broad SMARTS) is 2. The van der Waals surface area contributed by atoms with Gasteiger partial charge in [-0.1, -0.05) is 37.0 Å². The first-order valence-electron chi connectivity index (χ1n) is 14.8. The third kappa shape index (κ3) is 7.23. The molecule has 0 saturated heterocycles. The van der Waals surface area contributed by atoms with Crippen molar-refractivity contribution in [2.75, 3.05) is 27.4 Å². The van der Waals surface area contributed by atoms with Crippen LogP contribution < -0.4 is 18.9 Å². The van der Waals surface area contributed by atoms with E-state index in [4.69, 9.17) is 47.3 Å². The van der Waals surface area contributed by atoms with Crippen LogP contribution in [0, 0.1) is 11.8 Å². The number of benzene rings is 2. The lowest BCUT2D eigenvalue weighted by Crippen LogP contribution is -2.30. The van der Waals surface area contributed by atoms with Gasteiger partial charge in [0.1, 0.15) is 0 Å². The Morgan fingerprint density at radius 1 is 0.826 bits per heavy atom. The molecule has 0 bridgehead atoms. The molecule has 0 spiro atoms. The highest BCUT2D eigenvalue weighted by atomic mass is 35.5. The van der Waals surface area contributed by atoms with E-state index in [-0.39, 0.29) is 66.0 Å². The Hall–Kier alpha value is -3.90. The molecule has 46 heavy (non-hydrogen) atoms. The Kier molecular flexibility index (Phi) is 11.2. The summed E-state index contributed by atoms with van der Waals surface area (Å²) in [6, 6.07) is 3.20. The molecule has 2 heterocycles. The van der Waals surface area contributed by atoms with Gasteiger partial charge in [-0.05, 0) is 30.2 Å². The fourth-order valence-electron chi connectivity index (χ4n) is 5.59. The zero-order valence-corrected chi connectivity index (χ0v) is 27.9. The molecular weight excluding hydrogens is 643 g/mol. The molecule has 0 saturated carbocycles. The van der Waals surface area contributed by atoms with Crippen LogP contribution in [0.1, 0.15) is 68.3 Å². The van der Waals surface area contributed by atoms with E-state index in [2.05, 4.69) is 0 Å². The van der Waals surface area contributed by atoms with Gasteiger partial charge in [0.05, 0.1) is 55.4 Å². The van der Waals surface area contributed by atoms with Crippen LogP contribution in [0.4, 0.5) is 0 Å². The third-order valence-electron chi connectivity index (χ3n) is 8.33. The minimum absolute atomic E-state index is 0.0740. The summed E-state index contributed by atoms with van der Waals surface area (Å²) in [5.74, 6) is -2.72. The Labute approximate surface area is 277 Å². The van der Waals surface area contributed by atoms with Crippen LogP contribution >= 0.6 is 23.2 Å². The summed E-state index contributed by atoms with van der Waals surface area (Å²) in [4.78, 5) is 51.2. The van der Waals surface area contributed by atoms with E-state index in [9.17, 15) is 24.3 Å². The standard InChI is InChI=1S/C32H38Cl2N2O10/c1-16(31(39)40)9-24(37)35-13-19-11-22(43-4)23(12-20(19)14-35)45-7-6-8-46-30-28(34)26-18(3)36(25(38)10-17(2)32(41)42)15-21(26)27(33)29(30)44-5/h11-12,16-18H,6-10,13-15H2,1-5H3,(H,39,40)(H,41,42). The van der Waals surface area contributed by atoms with Crippen molar-refractivity contribution >= 4 is 47.0 Å². The number of carbonyl (C=O) groups is 4. The number of fused-ring (bicyclic) bond motifs is 2. The van der Waals surface area contributed by atoms with Crippen LogP contribution in [0.2, 0.25) is 10.0 Å². The van der Waals surface area contributed by atoms with Gasteiger partial charge in [-0.25, -0.2) is 0 Å². The van der Waals surface area contributed by atoms with Gasteiger partial charge in [0.2, 0.25) is 11.8 Å². The number of carbonyl (C=O) groups excluding carboxylic acids is 2. The predicted octanol–water partition coefficient (Wildman–Crippen LogP) is 5.33. The maximum Gasteiger partial charge on any atom is 0.306 e. The Morgan fingerprint density at radius 2 is 1.39 bits per heavy atom. The highest BCUT2D eigenvalue weighted by Gasteiger charge is 2.38. The number of hydrogen-bond donors (Lipinski definition) is 2. The van der Waals surface area contributed by atoms with Crippen LogP contribution in [-0.2, 0) is 38.8 Å². The number of rotatable bonds is 14. The average molecular weight is 682 g/mol. The summed E-state index contributed by atoms with van der Waals surface area (Å²) < 4.78 is 23.1. The third-order valence-corrected chi connectivity index (χ3v) is 9.10. The lowest BCUT2D eigenvalue weighted by molar-refractivity contribution is -0.146. The smallest absolute Gasteiger partial charge is 0.306 e. The van der Waals surface area contributed by atoms with E-state index >= 15 is 0 Å². The summed E-state index contributed by atoms with van der Waals surface area (Å²) in [6.07, 6.45) is 0.218. The number of halogens is 2. The van der Waals surface area contributed by atoms with Crippen LogP contribution in [0.5, 0.6) is 23.0 Å². The predicted molar refractivity (Wildman–Crippen MR) is 168 cm³/mol. The lowest BCUT2D eigenvalue weighted by atomic mass is 10.0. The number of aliphatic carboxylic acids is 2. The number of nitrogens with zero attached hydrogens (tertiary/aromatic N) is 2. The van der Waals surface area contributed by atoms with Gasteiger partial charge < -0.3 is 39.0 Å². The molecule has 3 atom stereocenters. The quantitative estimate of drug-likeness (QED) is 0.251. The first-order chi connectivity index (χ1) is 21.8. The van der Waals surface area contributed by atoms with E-state index in [1.165, 1.54) is 28.1 Å². The largest absolute Gasteiger partial charge is 0.493 e. The molecule has 250 valence electrons. The van der Waals surface area contributed by atoms with Crippen molar-refractivity contribution in [3.8, 4) is 23.0 Å². The van der Waals surface area contributed by atoms with E-state index in [0.717, 1.165) is 11.1 Å². The van der Waals surface area contributed by atoms with Crippen molar-refractivity contribution in [2.45, 2.75) is 65.7 Å². The van der Waals surface area contributed by atoms with Gasteiger partial charge >= 0.3 is 11.9 Å². The molecule has 4 rings (SSSR count). The fourth-order valence-corrected chi connectivity index (χ4v) is 6.33. The molecule has 3 unspecified atom stereocenters. The minimum Gasteiger partial charge on any atom is -0.493 e. The molecule has 2 aromatic carbocycles. The SMILES string of the molecule is COc1cc2c(cc1OCCCOc1c(Cl)c3c(c(Cl)c1OC)CN(C(=O)CC(C)C(=O)O)C3C)CN(C(=O)CC(C)C(=O)O)C2. The maximum atomic E-state index is 12.9. The van der Waals surface area contributed by atoms with Crippen LogP contribution in [0.3, 0.4) is 0 Å². The molecule has 14 heteroatoms. The van der Waals surface area contributed by atoms with Gasteiger partial charge in [-0.15, -0.1) is 0 Å². The van der Waals surface area contributed by atoms with E-state index in [1.807, 2.05) is 12.1 Å². The van der Waals surface area contributed by atoms with Crippen molar-refractivity contribution in [2.24, 2.45) is 11.8 Å². The monoisotopic (exact) mass is 680 g/mol. The summed E-state index contributed by atoms with van der Waals surface area (Å²) in [7, 11) is 2.97. The molecular formula is C32H38Cl2N2O10. The second kappa shape index (κ2) is 14.7. The molecule has 0 aromatic heterocycles. The molecule has 2 aliphatic heterocycles. The highest BCUT2D eigenvalue weighted by molar-refractivity contribution is 6.37. The van der Waals surface area contributed by atoms with Crippen molar-refractivity contribution in [3.63, 3.8) is 0 Å². The van der Waals surface area contributed by atoms with Gasteiger partial charge in [-0.3, -0.25) is 19.2 Å². The molecule has 0 radical (unpaired) electrons. The summed E-state index contributed by atoms with van der Waals surface area (Å²) in [5.41, 5.74) is 3.06. The zero-order chi connectivity index (χ0) is 33.9. The van der Waals surface area contributed by atoms with Crippen molar-refractivity contribution in [1.29, 1.82) is 0 Å². The number of amides is 2. The number of methoxy groups -OCH3 is 2. The van der Waals surface area contributed by atoms with E-state index in [0.29, 0.717) is 42.1 Å². The molecule has 12 nitrogen and oxygen atoms in total. The van der Waals surface area contributed by atoms with E-state index < -0.39 is 29.8 Å². The van der Waals surface area contributed by atoms with Gasteiger partial charge in [0, 0.05) is 50.0 Å². The molecule has 0 aliphatic carbocycles. The second-order valence-corrected chi connectivity index (χ2v) is 12.3. The number of carboxylic acids is 2. The van der Waals surface area contributed by atoms with Crippen molar-refractivity contribution in [3.05, 3.63) is 44.4 Å². The van der Waals surface area contributed by atoms with E-state index in [1.54, 1.807) is 16.7 Å². The van der Waals surface area contributed by atoms with Gasteiger partial charge in [0.25, 0.3) is 0 Å². The van der Waals surface area contributed by atoms with Crippen molar-refractivity contribution < 1.29 is 48.3 Å². The summed E-state index contributed by atoms with van der Waals surface area (Å²) >= 11 is 13.5. The second-order valence-electron chi connectivity index (χ2n) is 11.5. The Balaban J connectivity index is 1.39. The molecule has 0 fully saturated rings. The molecule has 2 aliphatic rings. The highest BCUT2D eigenvalue weighted by Crippen LogP contribution is 2.52. The zero-order valence-electron chi connectivity index (χ0n) is 26.4. The normalized spacial score (nSPS) is 16.4. The fraction of sp³-hybridized carbons (Fsp3) is 0.500. The van der Waals surface area contributed by atoms with Crippen LogP contribution in [0.25, 0.3) is 0 Å². The topological polar surface area (TPSA) is 152 Å². The minimum atomic E-state index is -1.05. The van der Waals surface area contributed by atoms with Crippen LogP contribution in [0.15, 0.2) is 12.1 Å². The summed E-state index contributed by atoms with van der Waals surface area (Å²) in [6.45, 7) is 6.12. The number of ether oxygens (including phenoxy) is 4.